The van der Waals surface area contributed by atoms with Gasteiger partial charge in [-0.3, -0.25) is 10.1 Å². The van der Waals surface area contributed by atoms with Crippen LogP contribution >= 0.6 is 0 Å². The first-order valence-corrected chi connectivity index (χ1v) is 5.97. The Hall–Kier alpha value is -2.10. The maximum atomic E-state index is 11.6. The Labute approximate surface area is 106 Å². The zero-order chi connectivity index (χ0) is 13.0. The third-order valence-corrected chi connectivity index (χ3v) is 2.44. The zero-order valence-electron chi connectivity index (χ0n) is 10.5. The molecule has 0 unspecified atom stereocenters. The van der Waals surface area contributed by atoms with E-state index in [2.05, 4.69) is 10.5 Å². The van der Waals surface area contributed by atoms with Crippen LogP contribution in [0.1, 0.15) is 20.3 Å². The van der Waals surface area contributed by atoms with Crippen molar-refractivity contribution in [3.63, 3.8) is 0 Å². The van der Waals surface area contributed by atoms with Gasteiger partial charge in [-0.1, -0.05) is 49.3 Å². The lowest BCUT2D eigenvalue weighted by Crippen LogP contribution is -2.13. The molecule has 4 nitrogen and oxygen atoms in total. The van der Waals surface area contributed by atoms with Gasteiger partial charge in [0, 0.05) is 18.1 Å². The third-order valence-electron chi connectivity index (χ3n) is 2.44. The van der Waals surface area contributed by atoms with Gasteiger partial charge in [-0.05, 0) is 5.92 Å². The average Bonchev–Trinajstić information content (AvgIpc) is 2.77. The summed E-state index contributed by atoms with van der Waals surface area (Å²) in [6.07, 6.45) is 0.474. The molecule has 18 heavy (non-hydrogen) atoms. The van der Waals surface area contributed by atoms with Crippen molar-refractivity contribution >= 4 is 11.8 Å². The summed E-state index contributed by atoms with van der Waals surface area (Å²) in [5, 5.41) is 6.62. The molecule has 0 saturated carbocycles. The van der Waals surface area contributed by atoms with Crippen LogP contribution in [0.3, 0.4) is 0 Å². The molecule has 1 N–H and O–H groups in total. The minimum Gasteiger partial charge on any atom is -0.338 e. The van der Waals surface area contributed by atoms with E-state index in [0.29, 0.717) is 18.2 Å². The lowest BCUT2D eigenvalue weighted by atomic mass is 10.1. The van der Waals surface area contributed by atoms with Crippen LogP contribution in [0, 0.1) is 5.92 Å². The van der Waals surface area contributed by atoms with E-state index in [-0.39, 0.29) is 5.91 Å². The molecule has 0 saturated heterocycles. The van der Waals surface area contributed by atoms with Gasteiger partial charge >= 0.3 is 0 Å². The topological polar surface area (TPSA) is 55.1 Å². The van der Waals surface area contributed by atoms with Gasteiger partial charge in [0.1, 0.15) is 5.69 Å². The molecule has 1 aromatic heterocycles. The normalized spacial score (nSPS) is 10.6. The van der Waals surface area contributed by atoms with E-state index in [1.807, 2.05) is 44.2 Å². The summed E-state index contributed by atoms with van der Waals surface area (Å²) in [6.45, 7) is 3.99. The van der Waals surface area contributed by atoms with E-state index in [9.17, 15) is 4.79 Å². The SMILES string of the molecule is CC(C)CC(=O)Nc1cc(-c2ccccc2)no1. The van der Waals surface area contributed by atoms with Crippen molar-refractivity contribution in [1.82, 2.24) is 5.16 Å². The number of hydrogen-bond acceptors (Lipinski definition) is 3. The first-order valence-electron chi connectivity index (χ1n) is 5.97. The highest BCUT2D eigenvalue weighted by Gasteiger charge is 2.10. The number of anilines is 1. The fourth-order valence-electron chi connectivity index (χ4n) is 1.64. The molecule has 0 fully saturated rings. The minimum atomic E-state index is -0.0549. The van der Waals surface area contributed by atoms with Gasteiger partial charge in [0.05, 0.1) is 0 Å². The Morgan fingerprint density at radius 2 is 2.06 bits per heavy atom. The van der Waals surface area contributed by atoms with E-state index in [4.69, 9.17) is 4.52 Å². The second-order valence-electron chi connectivity index (χ2n) is 4.59. The van der Waals surface area contributed by atoms with Crippen LogP contribution in [0.2, 0.25) is 0 Å². The second-order valence-corrected chi connectivity index (χ2v) is 4.59. The summed E-state index contributed by atoms with van der Waals surface area (Å²) in [7, 11) is 0. The predicted molar refractivity (Wildman–Crippen MR) is 70.0 cm³/mol. The van der Waals surface area contributed by atoms with Gasteiger partial charge in [-0.25, -0.2) is 0 Å². The minimum absolute atomic E-state index is 0.0549. The van der Waals surface area contributed by atoms with Gasteiger partial charge < -0.3 is 4.52 Å². The summed E-state index contributed by atoms with van der Waals surface area (Å²) in [5.41, 5.74) is 1.68. The van der Waals surface area contributed by atoms with E-state index in [0.717, 1.165) is 11.3 Å². The van der Waals surface area contributed by atoms with Crippen LogP contribution in [0.5, 0.6) is 0 Å². The first kappa shape index (κ1) is 12.4. The first-order chi connectivity index (χ1) is 8.65. The quantitative estimate of drug-likeness (QED) is 0.897. The summed E-state index contributed by atoms with van der Waals surface area (Å²) in [6, 6.07) is 11.4. The fraction of sp³-hybridized carbons (Fsp3) is 0.286. The van der Waals surface area contributed by atoms with Crippen LogP contribution in [-0.4, -0.2) is 11.1 Å². The predicted octanol–water partition coefficient (Wildman–Crippen LogP) is 3.33. The Kier molecular flexibility index (Phi) is 3.77. The molecular weight excluding hydrogens is 228 g/mol. The van der Waals surface area contributed by atoms with Crippen LogP contribution in [0.4, 0.5) is 5.88 Å². The molecule has 0 spiro atoms. The molecule has 1 heterocycles. The fourth-order valence-corrected chi connectivity index (χ4v) is 1.64. The highest BCUT2D eigenvalue weighted by atomic mass is 16.5. The molecule has 4 heteroatoms. The number of carbonyl (C=O) groups excluding carboxylic acids is 1. The van der Waals surface area contributed by atoms with E-state index < -0.39 is 0 Å². The summed E-state index contributed by atoms with van der Waals surface area (Å²) in [4.78, 5) is 11.6. The molecule has 0 bridgehead atoms. The van der Waals surface area contributed by atoms with Gasteiger partial charge in [0.2, 0.25) is 11.8 Å². The number of hydrogen-bond donors (Lipinski definition) is 1. The second kappa shape index (κ2) is 5.49. The molecule has 0 aliphatic heterocycles. The van der Waals surface area contributed by atoms with Crippen LogP contribution in [0.15, 0.2) is 40.9 Å². The van der Waals surface area contributed by atoms with Crippen molar-refractivity contribution < 1.29 is 9.32 Å². The molecule has 2 rings (SSSR count). The van der Waals surface area contributed by atoms with Gasteiger partial charge in [-0.2, -0.15) is 0 Å². The van der Waals surface area contributed by atoms with Crippen LogP contribution in [-0.2, 0) is 4.79 Å². The molecule has 0 aliphatic carbocycles. The number of benzene rings is 1. The summed E-state index contributed by atoms with van der Waals surface area (Å²) >= 11 is 0. The van der Waals surface area contributed by atoms with E-state index >= 15 is 0 Å². The van der Waals surface area contributed by atoms with Crippen molar-refractivity contribution in [1.29, 1.82) is 0 Å². The lowest BCUT2D eigenvalue weighted by molar-refractivity contribution is -0.117. The molecule has 0 aliphatic rings. The molecule has 1 amide bonds. The third kappa shape index (κ3) is 3.20. The monoisotopic (exact) mass is 244 g/mol. The highest BCUT2D eigenvalue weighted by Crippen LogP contribution is 2.21. The van der Waals surface area contributed by atoms with Gasteiger partial charge in [0.15, 0.2) is 0 Å². The van der Waals surface area contributed by atoms with Crippen molar-refractivity contribution in [3.05, 3.63) is 36.4 Å². The summed E-state index contributed by atoms with van der Waals surface area (Å²) < 4.78 is 5.09. The highest BCUT2D eigenvalue weighted by molar-refractivity contribution is 5.89. The lowest BCUT2D eigenvalue weighted by Gasteiger charge is -2.02. The number of nitrogens with one attached hydrogen (secondary N) is 1. The maximum Gasteiger partial charge on any atom is 0.231 e. The summed E-state index contributed by atoms with van der Waals surface area (Å²) in [5.74, 6) is 0.654. The largest absolute Gasteiger partial charge is 0.338 e. The molecular formula is C14H16N2O2. The van der Waals surface area contributed by atoms with Gasteiger partial charge in [0.25, 0.3) is 0 Å². The smallest absolute Gasteiger partial charge is 0.231 e. The van der Waals surface area contributed by atoms with E-state index in [1.54, 1.807) is 6.07 Å². The zero-order valence-corrected chi connectivity index (χ0v) is 10.5. The number of nitrogens with zero attached hydrogens (tertiary/aromatic N) is 1. The number of amides is 1. The van der Waals surface area contributed by atoms with Crippen molar-refractivity contribution in [2.75, 3.05) is 5.32 Å². The van der Waals surface area contributed by atoms with Crippen LogP contribution in [0.25, 0.3) is 11.3 Å². The standard InChI is InChI=1S/C14H16N2O2/c1-10(2)8-13(17)15-14-9-12(16-18-14)11-6-4-3-5-7-11/h3-7,9-10H,8H2,1-2H3,(H,15,17). The molecule has 2 aromatic rings. The van der Waals surface area contributed by atoms with Crippen LogP contribution < -0.4 is 5.32 Å². The van der Waals surface area contributed by atoms with Crippen molar-refractivity contribution in [2.45, 2.75) is 20.3 Å². The van der Waals surface area contributed by atoms with Crippen molar-refractivity contribution in [2.24, 2.45) is 5.92 Å². The molecule has 1 aromatic carbocycles. The Morgan fingerprint density at radius 3 is 2.72 bits per heavy atom. The number of aromatic nitrogens is 1. The van der Waals surface area contributed by atoms with Crippen molar-refractivity contribution in [3.8, 4) is 11.3 Å². The van der Waals surface area contributed by atoms with E-state index in [1.165, 1.54) is 0 Å². The Morgan fingerprint density at radius 1 is 1.33 bits per heavy atom. The number of rotatable bonds is 4. The maximum absolute atomic E-state index is 11.6. The Balaban J connectivity index is 2.05. The molecule has 0 atom stereocenters. The average molecular weight is 244 g/mol. The van der Waals surface area contributed by atoms with Gasteiger partial charge in [-0.15, -0.1) is 0 Å². The Bertz CT molecular complexity index is 518. The molecule has 0 radical (unpaired) electrons. The number of carbonyl (C=O) groups is 1. The molecule has 94 valence electrons.